The summed E-state index contributed by atoms with van der Waals surface area (Å²) in [5, 5.41) is 2.31. The van der Waals surface area contributed by atoms with Crippen LogP contribution in [-0.4, -0.2) is 15.0 Å². The van der Waals surface area contributed by atoms with E-state index in [-0.39, 0.29) is 18.9 Å². The molecule has 0 aliphatic carbocycles. The van der Waals surface area contributed by atoms with Gasteiger partial charge in [0, 0.05) is 0 Å². The van der Waals surface area contributed by atoms with Crippen molar-refractivity contribution in [2.24, 2.45) is 0 Å². The summed E-state index contributed by atoms with van der Waals surface area (Å²) in [5.41, 5.74) is 1.32. The predicted molar refractivity (Wildman–Crippen MR) is 61.7 cm³/mol. The minimum atomic E-state index is 0. The Morgan fingerprint density at radius 3 is 1.87 bits per heavy atom. The van der Waals surface area contributed by atoms with E-state index < -0.39 is 0 Å². The second kappa shape index (κ2) is 6.83. The van der Waals surface area contributed by atoms with E-state index in [2.05, 4.69) is 59.9 Å². The maximum absolute atomic E-state index is 2.31. The van der Waals surface area contributed by atoms with E-state index in [4.69, 9.17) is 0 Å². The van der Waals surface area contributed by atoms with Crippen molar-refractivity contribution in [1.82, 2.24) is 0 Å². The molecule has 0 fully saturated rings. The molecule has 0 atom stereocenters. The molecule has 2 aromatic rings. The van der Waals surface area contributed by atoms with Crippen molar-refractivity contribution < 1.29 is 18.9 Å². The van der Waals surface area contributed by atoms with Gasteiger partial charge in [0.25, 0.3) is 0 Å². The molecule has 0 saturated heterocycles. The van der Waals surface area contributed by atoms with Gasteiger partial charge in [0.05, 0.1) is 0 Å². The molecule has 0 amide bonds. The van der Waals surface area contributed by atoms with Crippen molar-refractivity contribution in [3.63, 3.8) is 0 Å². The zero-order valence-electron chi connectivity index (χ0n) is 8.76. The van der Waals surface area contributed by atoms with Gasteiger partial charge in [-0.05, 0) is 0 Å². The molecule has 15 heavy (non-hydrogen) atoms. The molecule has 0 aromatic heterocycles. The summed E-state index contributed by atoms with van der Waals surface area (Å²) >= 11 is 0.447. The average molecular weight is 253 g/mol. The molecule has 2 aromatic carbocycles. The van der Waals surface area contributed by atoms with E-state index in [0.717, 1.165) is 0 Å². The Kier molecular flexibility index (Phi) is 5.69. The monoisotopic (exact) mass is 254 g/mol. The first-order valence-electron chi connectivity index (χ1n) is 4.55. The van der Waals surface area contributed by atoms with Gasteiger partial charge in [-0.1, -0.05) is 0 Å². The van der Waals surface area contributed by atoms with Crippen LogP contribution in [0.25, 0.3) is 0 Å². The van der Waals surface area contributed by atoms with E-state index in [1.165, 1.54) is 10.0 Å². The third-order valence-corrected chi connectivity index (χ3v) is 3.83. The third-order valence-electron chi connectivity index (χ3n) is 1.87. The average Bonchev–Trinajstić information content (AvgIpc) is 2.29. The third kappa shape index (κ3) is 4.20. The Morgan fingerprint density at radius 1 is 0.733 bits per heavy atom. The molecule has 0 bridgehead atoms. The van der Waals surface area contributed by atoms with E-state index >= 15 is 0 Å². The molecule has 0 heterocycles. The molecule has 0 nitrogen and oxygen atoms in total. The molecular formula is C13H11LiSe. The van der Waals surface area contributed by atoms with Crippen LogP contribution in [0.3, 0.4) is 0 Å². The summed E-state index contributed by atoms with van der Waals surface area (Å²) in [6, 6.07) is 21.1. The van der Waals surface area contributed by atoms with Crippen LogP contribution < -0.4 is 23.3 Å². The van der Waals surface area contributed by atoms with Gasteiger partial charge in [0.2, 0.25) is 0 Å². The van der Waals surface area contributed by atoms with Crippen LogP contribution in [0.15, 0.2) is 60.7 Å². The van der Waals surface area contributed by atoms with E-state index in [0.29, 0.717) is 15.0 Å². The van der Waals surface area contributed by atoms with Crippen LogP contribution >= 0.6 is 0 Å². The van der Waals surface area contributed by atoms with Crippen molar-refractivity contribution in [1.29, 1.82) is 0 Å². The summed E-state index contributed by atoms with van der Waals surface area (Å²) in [5.74, 6) is 0. The first-order valence-corrected chi connectivity index (χ1v) is 6.40. The maximum atomic E-state index is 2.31. The van der Waals surface area contributed by atoms with Crippen molar-refractivity contribution in [3.8, 4) is 0 Å². The topological polar surface area (TPSA) is 0 Å². The Morgan fingerprint density at radius 2 is 1.27 bits per heavy atom. The number of rotatable bonds is 3. The first kappa shape index (κ1) is 12.5. The molecule has 0 N–H and O–H groups in total. The van der Waals surface area contributed by atoms with Crippen molar-refractivity contribution in [3.05, 3.63) is 71.5 Å². The molecular weight excluding hydrogens is 242 g/mol. The van der Waals surface area contributed by atoms with Gasteiger partial charge >= 0.3 is 110 Å². The number of benzene rings is 2. The molecule has 70 valence electrons. The molecule has 0 aliphatic heterocycles. The zero-order chi connectivity index (χ0) is 9.64. The second-order valence-corrected chi connectivity index (χ2v) is 4.94. The Labute approximate surface area is 109 Å². The summed E-state index contributed by atoms with van der Waals surface area (Å²) in [6.07, 6.45) is 0. The molecule has 0 radical (unpaired) electrons. The van der Waals surface area contributed by atoms with Gasteiger partial charge in [-0.15, -0.1) is 0 Å². The quantitative estimate of drug-likeness (QED) is 0.498. The molecule has 2 rings (SSSR count). The summed E-state index contributed by atoms with van der Waals surface area (Å²) < 4.78 is 1.42. The van der Waals surface area contributed by atoms with Gasteiger partial charge in [-0.3, -0.25) is 0 Å². The van der Waals surface area contributed by atoms with Crippen molar-refractivity contribution >= 4 is 19.4 Å². The van der Waals surface area contributed by atoms with Gasteiger partial charge in [-0.2, -0.15) is 0 Å². The van der Waals surface area contributed by atoms with Crippen LogP contribution in [0.4, 0.5) is 0 Å². The number of hydrogen-bond donors (Lipinski definition) is 0. The minimum absolute atomic E-state index is 0. The van der Waals surface area contributed by atoms with E-state index in [1.807, 2.05) is 6.07 Å². The first-order chi connectivity index (χ1) is 6.95. The van der Waals surface area contributed by atoms with Crippen molar-refractivity contribution in [2.45, 2.75) is 0 Å². The summed E-state index contributed by atoms with van der Waals surface area (Å²) in [6.45, 7) is 0. The summed E-state index contributed by atoms with van der Waals surface area (Å²) in [4.78, 5) is 0. The fourth-order valence-electron chi connectivity index (χ4n) is 1.17. The van der Waals surface area contributed by atoms with Crippen LogP contribution in [0.1, 0.15) is 5.56 Å². The Hall–Kier alpha value is -0.573. The van der Waals surface area contributed by atoms with Gasteiger partial charge in [0.1, 0.15) is 0 Å². The van der Waals surface area contributed by atoms with Crippen LogP contribution in [0.5, 0.6) is 0 Å². The summed E-state index contributed by atoms with van der Waals surface area (Å²) in [7, 11) is 0. The molecule has 2 heteroatoms. The zero-order valence-corrected chi connectivity index (χ0v) is 10.5. The fourth-order valence-corrected chi connectivity index (χ4v) is 2.73. The van der Waals surface area contributed by atoms with Crippen LogP contribution in [0.2, 0.25) is 0 Å². The normalized spacial score (nSPS) is 9.07. The molecule has 0 aliphatic rings. The second-order valence-electron chi connectivity index (χ2n) is 2.96. The molecule has 0 saturated carbocycles. The number of hydrogen-bond acceptors (Lipinski definition) is 0. The Balaban J connectivity index is 0.00000112. The van der Waals surface area contributed by atoms with E-state index in [1.54, 1.807) is 0 Å². The van der Waals surface area contributed by atoms with E-state index in [9.17, 15) is 0 Å². The van der Waals surface area contributed by atoms with Crippen LogP contribution in [0, 0.1) is 5.32 Å². The SMILES string of the molecule is [Li+].c1ccc([CH-][Se]c2ccccc2)cc1. The predicted octanol–water partition coefficient (Wildman–Crippen LogP) is -0.770. The standard InChI is InChI=1S/C13H11Se.Li/c1-3-7-12(8-4-1)11-14-13-9-5-2-6-10-13;/h1-11H;/q-1;+1. The van der Waals surface area contributed by atoms with Crippen molar-refractivity contribution in [2.75, 3.05) is 0 Å². The van der Waals surface area contributed by atoms with Gasteiger partial charge in [-0.25, -0.2) is 0 Å². The Bertz CT molecular complexity index is 333. The fraction of sp³-hybridized carbons (Fsp3) is 0. The molecule has 0 unspecified atom stereocenters. The van der Waals surface area contributed by atoms with Gasteiger partial charge in [0.15, 0.2) is 0 Å². The molecule has 0 spiro atoms. The van der Waals surface area contributed by atoms with Gasteiger partial charge < -0.3 is 0 Å². The van der Waals surface area contributed by atoms with Crippen LogP contribution in [-0.2, 0) is 0 Å².